The zero-order chi connectivity index (χ0) is 14.5. The molecule has 4 amide bonds. The van der Waals surface area contributed by atoms with E-state index in [2.05, 4.69) is 20.4 Å². The molecule has 10 nitrogen and oxygen atoms in total. The summed E-state index contributed by atoms with van der Waals surface area (Å²) in [7, 11) is 2.86. The van der Waals surface area contributed by atoms with Gasteiger partial charge in [-0.25, -0.2) is 38.8 Å². The SMILES string of the molecule is O=C1N=NC(=O)N1CCSSCCn1c(=O)[nH][nH]c1=O. The number of rotatable bonds is 7. The summed E-state index contributed by atoms with van der Waals surface area (Å²) in [5, 5.41) is 10.6. The highest BCUT2D eigenvalue weighted by atomic mass is 33.1. The molecule has 1 aliphatic heterocycles. The van der Waals surface area contributed by atoms with Crippen molar-refractivity contribution in [3.8, 4) is 0 Å². The van der Waals surface area contributed by atoms with E-state index in [-0.39, 0.29) is 13.1 Å². The van der Waals surface area contributed by atoms with E-state index in [1.807, 2.05) is 0 Å². The van der Waals surface area contributed by atoms with Crippen LogP contribution in [0.15, 0.2) is 19.8 Å². The van der Waals surface area contributed by atoms with Crippen LogP contribution in [0.5, 0.6) is 0 Å². The molecule has 2 N–H and O–H groups in total. The van der Waals surface area contributed by atoms with Crippen molar-refractivity contribution in [2.24, 2.45) is 10.2 Å². The first-order valence-corrected chi connectivity index (χ1v) is 7.97. The number of azo groups is 1. The van der Waals surface area contributed by atoms with Crippen molar-refractivity contribution in [1.82, 2.24) is 19.7 Å². The van der Waals surface area contributed by atoms with E-state index in [9.17, 15) is 19.2 Å². The highest BCUT2D eigenvalue weighted by Crippen LogP contribution is 2.21. The number of H-pyrrole nitrogens is 2. The van der Waals surface area contributed by atoms with Crippen LogP contribution in [0.4, 0.5) is 9.59 Å². The molecule has 0 aromatic carbocycles. The molecular weight excluding hydrogens is 308 g/mol. The maximum atomic E-state index is 11.2. The van der Waals surface area contributed by atoms with Gasteiger partial charge in [-0.2, -0.15) is 0 Å². The Bertz CT molecular complexity index is 600. The summed E-state index contributed by atoms with van der Waals surface area (Å²) in [5.74, 6) is 1.06. The lowest BCUT2D eigenvalue weighted by atomic mass is 10.6. The lowest BCUT2D eigenvalue weighted by Crippen LogP contribution is -2.30. The van der Waals surface area contributed by atoms with Crippen molar-refractivity contribution < 1.29 is 9.59 Å². The number of aromatic amines is 2. The maximum absolute atomic E-state index is 11.2. The largest absolute Gasteiger partial charge is 0.370 e. The van der Waals surface area contributed by atoms with Gasteiger partial charge >= 0.3 is 23.4 Å². The molecule has 0 radical (unpaired) electrons. The molecule has 0 unspecified atom stereocenters. The second-order valence-corrected chi connectivity index (χ2v) is 6.27. The summed E-state index contributed by atoms with van der Waals surface area (Å²) in [6.45, 7) is 0.509. The van der Waals surface area contributed by atoms with Gasteiger partial charge in [0.25, 0.3) is 0 Å². The van der Waals surface area contributed by atoms with Crippen LogP contribution in [0.25, 0.3) is 0 Å². The number of carbonyl (C=O) groups excluding carboxylic acids is 2. The number of hydrogen-bond donors (Lipinski definition) is 2. The number of hydrogen-bond acceptors (Lipinski definition) is 6. The minimum atomic E-state index is -0.647. The van der Waals surface area contributed by atoms with Gasteiger partial charge in [-0.3, -0.25) is 0 Å². The van der Waals surface area contributed by atoms with Crippen LogP contribution in [-0.4, -0.2) is 49.8 Å². The van der Waals surface area contributed by atoms with Crippen molar-refractivity contribution >= 4 is 33.7 Å². The number of nitrogens with zero attached hydrogens (tertiary/aromatic N) is 4. The van der Waals surface area contributed by atoms with Gasteiger partial charge in [0, 0.05) is 24.6 Å². The average molecular weight is 318 g/mol. The molecule has 108 valence electrons. The molecule has 2 rings (SSSR count). The molecule has 0 fully saturated rings. The van der Waals surface area contributed by atoms with Gasteiger partial charge < -0.3 is 0 Å². The Morgan fingerprint density at radius 1 is 0.850 bits per heavy atom. The lowest BCUT2D eigenvalue weighted by molar-refractivity contribution is 0.208. The molecule has 0 saturated heterocycles. The second-order valence-electron chi connectivity index (χ2n) is 3.57. The number of aromatic nitrogens is 3. The molecule has 0 atom stereocenters. The van der Waals surface area contributed by atoms with Crippen LogP contribution in [0.1, 0.15) is 0 Å². The maximum Gasteiger partial charge on any atom is 0.370 e. The first-order valence-electron chi connectivity index (χ1n) is 5.48. The van der Waals surface area contributed by atoms with Gasteiger partial charge in [-0.15, -0.1) is 0 Å². The van der Waals surface area contributed by atoms with Crippen LogP contribution in [0, 0.1) is 0 Å². The van der Waals surface area contributed by atoms with Gasteiger partial charge in [0.05, 0.1) is 0 Å². The minimum Gasteiger partial charge on any atom is -0.247 e. The van der Waals surface area contributed by atoms with Gasteiger partial charge in [0.2, 0.25) is 0 Å². The summed E-state index contributed by atoms with van der Waals surface area (Å²) < 4.78 is 1.05. The molecule has 1 aromatic heterocycles. The minimum absolute atomic E-state index is 0.229. The summed E-state index contributed by atoms with van der Waals surface area (Å²) in [4.78, 5) is 45.4. The number of nitrogens with one attached hydrogen (secondary N) is 2. The molecule has 12 heteroatoms. The molecule has 0 saturated carbocycles. The molecule has 0 aliphatic carbocycles. The predicted octanol–water partition coefficient (Wildman–Crippen LogP) is 0.254. The van der Waals surface area contributed by atoms with E-state index in [4.69, 9.17) is 0 Å². The van der Waals surface area contributed by atoms with Crippen LogP contribution < -0.4 is 11.4 Å². The fourth-order valence-electron chi connectivity index (χ4n) is 1.38. The molecule has 0 spiro atoms. The Morgan fingerprint density at radius 3 is 1.90 bits per heavy atom. The van der Waals surface area contributed by atoms with E-state index in [0.717, 1.165) is 9.47 Å². The number of imide groups is 1. The molecular formula is C8H10N6O4S2. The van der Waals surface area contributed by atoms with E-state index in [1.165, 1.54) is 21.6 Å². The first-order chi connectivity index (χ1) is 9.59. The Balaban J connectivity index is 1.63. The monoisotopic (exact) mass is 318 g/mol. The highest BCUT2D eigenvalue weighted by molar-refractivity contribution is 8.76. The molecule has 1 aromatic rings. The first kappa shape index (κ1) is 14.6. The average Bonchev–Trinajstić information content (AvgIpc) is 2.90. The van der Waals surface area contributed by atoms with Gasteiger partial charge in [-0.05, 0) is 0 Å². The van der Waals surface area contributed by atoms with Gasteiger partial charge in [0.15, 0.2) is 0 Å². The topological polar surface area (TPSA) is 133 Å². The van der Waals surface area contributed by atoms with Crippen molar-refractivity contribution in [2.75, 3.05) is 18.1 Å². The third-order valence-electron chi connectivity index (χ3n) is 2.33. The summed E-state index contributed by atoms with van der Waals surface area (Å²) >= 11 is 0. The Hall–Kier alpha value is -1.82. The third kappa shape index (κ3) is 3.39. The Labute approximate surface area is 119 Å². The standard InChI is InChI=1S/C8H10N6O4S2/c15-5-9-10-6(16)13(5)1-3-19-20-4-2-14-7(17)11-12-8(14)18/h1-4H2,(H,9,15)(H,10,16). The van der Waals surface area contributed by atoms with Crippen molar-refractivity contribution in [2.45, 2.75) is 6.54 Å². The van der Waals surface area contributed by atoms with Crippen LogP contribution in [0.3, 0.4) is 0 Å². The highest BCUT2D eigenvalue weighted by Gasteiger charge is 2.26. The zero-order valence-electron chi connectivity index (χ0n) is 10.1. The van der Waals surface area contributed by atoms with Crippen molar-refractivity contribution in [1.29, 1.82) is 0 Å². The number of urea groups is 2. The number of amides is 4. The second kappa shape index (κ2) is 6.56. The Morgan fingerprint density at radius 2 is 1.35 bits per heavy atom. The molecule has 20 heavy (non-hydrogen) atoms. The number of carbonyl (C=O) groups is 2. The molecule has 0 bridgehead atoms. The fraction of sp³-hybridized carbons (Fsp3) is 0.500. The smallest absolute Gasteiger partial charge is 0.247 e. The van der Waals surface area contributed by atoms with E-state index < -0.39 is 23.4 Å². The van der Waals surface area contributed by atoms with Gasteiger partial charge in [-0.1, -0.05) is 31.8 Å². The Kier molecular flexibility index (Phi) is 4.79. The van der Waals surface area contributed by atoms with Crippen LogP contribution >= 0.6 is 21.6 Å². The van der Waals surface area contributed by atoms with Gasteiger partial charge in [0.1, 0.15) is 0 Å². The normalized spacial score (nSPS) is 14.5. The molecule has 2 heterocycles. The van der Waals surface area contributed by atoms with Crippen molar-refractivity contribution in [3.05, 3.63) is 21.0 Å². The van der Waals surface area contributed by atoms with Crippen LogP contribution in [0.2, 0.25) is 0 Å². The van der Waals surface area contributed by atoms with E-state index >= 15 is 0 Å². The van der Waals surface area contributed by atoms with E-state index in [0.29, 0.717) is 11.5 Å². The summed E-state index contributed by atoms with van der Waals surface area (Å²) in [5.41, 5.74) is -0.950. The van der Waals surface area contributed by atoms with E-state index in [1.54, 1.807) is 0 Å². The third-order valence-corrected chi connectivity index (χ3v) is 4.69. The predicted molar refractivity (Wildman–Crippen MR) is 72.9 cm³/mol. The quantitative estimate of drug-likeness (QED) is 0.547. The van der Waals surface area contributed by atoms with Crippen molar-refractivity contribution in [3.63, 3.8) is 0 Å². The van der Waals surface area contributed by atoms with Crippen LogP contribution in [-0.2, 0) is 6.54 Å². The fourth-order valence-corrected chi connectivity index (χ4v) is 3.28. The zero-order valence-corrected chi connectivity index (χ0v) is 11.7. The lowest BCUT2D eigenvalue weighted by Gasteiger charge is -2.09. The summed E-state index contributed by atoms with van der Waals surface area (Å²) in [6, 6.07) is -1.29. The molecule has 1 aliphatic rings. The summed E-state index contributed by atoms with van der Waals surface area (Å²) in [6.07, 6.45) is 0.